The molecule has 2 nitrogen and oxygen atoms in total. The van der Waals surface area contributed by atoms with Gasteiger partial charge in [0, 0.05) is 11.6 Å². The Morgan fingerprint density at radius 3 is 2.47 bits per heavy atom. The summed E-state index contributed by atoms with van der Waals surface area (Å²) in [5, 5.41) is 0.129. The maximum atomic E-state index is 13.4. The third kappa shape index (κ3) is 2.82. The van der Waals surface area contributed by atoms with Crippen LogP contribution in [-0.4, -0.2) is 0 Å². The van der Waals surface area contributed by atoms with Gasteiger partial charge in [-0.15, -0.1) is 0 Å². The number of hydrogen-bond acceptors (Lipinski definition) is 2. The highest BCUT2D eigenvalue weighted by atomic mass is 35.5. The third-order valence-electron chi connectivity index (χ3n) is 3.43. The van der Waals surface area contributed by atoms with E-state index < -0.39 is 5.82 Å². The van der Waals surface area contributed by atoms with Crippen LogP contribution in [0, 0.1) is 26.6 Å². The molecule has 1 atom stereocenters. The van der Waals surface area contributed by atoms with Crippen molar-refractivity contribution in [1.82, 2.24) is 0 Å². The summed E-state index contributed by atoms with van der Waals surface area (Å²) in [5.74, 6) is 1.30. The summed E-state index contributed by atoms with van der Waals surface area (Å²) < 4.78 is 19.0. The lowest BCUT2D eigenvalue weighted by molar-refractivity contribution is 0.496. The first-order chi connectivity index (χ1) is 8.90. The molecule has 1 aromatic heterocycles. The maximum Gasteiger partial charge on any atom is 0.142 e. The highest BCUT2D eigenvalue weighted by molar-refractivity contribution is 6.30. The van der Waals surface area contributed by atoms with E-state index in [4.69, 9.17) is 21.8 Å². The van der Waals surface area contributed by atoms with Crippen LogP contribution in [0.15, 0.2) is 22.6 Å². The van der Waals surface area contributed by atoms with Gasteiger partial charge < -0.3 is 10.2 Å². The van der Waals surface area contributed by atoms with E-state index in [0.717, 1.165) is 28.2 Å². The zero-order valence-electron chi connectivity index (χ0n) is 11.3. The van der Waals surface area contributed by atoms with Gasteiger partial charge in [0.1, 0.15) is 17.3 Å². The fourth-order valence-electron chi connectivity index (χ4n) is 2.38. The zero-order chi connectivity index (χ0) is 14.2. The third-order valence-corrected chi connectivity index (χ3v) is 3.73. The first kappa shape index (κ1) is 14.1. The lowest BCUT2D eigenvalue weighted by Crippen LogP contribution is -2.15. The SMILES string of the molecule is Cc1oc(C)c(C(N)Cc2ccc(Cl)c(F)c2)c1C. The molecule has 0 bridgehead atoms. The number of nitrogens with two attached hydrogens (primary N) is 1. The number of halogens is 2. The van der Waals surface area contributed by atoms with Crippen LogP contribution in [0.3, 0.4) is 0 Å². The van der Waals surface area contributed by atoms with Gasteiger partial charge in [-0.1, -0.05) is 17.7 Å². The number of furan rings is 1. The molecule has 0 fully saturated rings. The molecule has 0 aliphatic heterocycles. The Morgan fingerprint density at radius 2 is 1.95 bits per heavy atom. The van der Waals surface area contributed by atoms with Crippen molar-refractivity contribution in [3.63, 3.8) is 0 Å². The molecule has 1 unspecified atom stereocenters. The molecule has 2 rings (SSSR count). The van der Waals surface area contributed by atoms with Crippen molar-refractivity contribution in [2.24, 2.45) is 5.73 Å². The average Bonchev–Trinajstić information content (AvgIpc) is 2.58. The second-order valence-electron chi connectivity index (χ2n) is 4.81. The van der Waals surface area contributed by atoms with Crippen molar-refractivity contribution >= 4 is 11.6 Å². The minimum Gasteiger partial charge on any atom is -0.466 e. The van der Waals surface area contributed by atoms with Crippen LogP contribution in [0.2, 0.25) is 5.02 Å². The Labute approximate surface area is 117 Å². The summed E-state index contributed by atoms with van der Waals surface area (Å²) in [5.41, 5.74) is 9.12. The average molecular weight is 282 g/mol. The van der Waals surface area contributed by atoms with Crippen LogP contribution in [0.25, 0.3) is 0 Å². The van der Waals surface area contributed by atoms with Crippen molar-refractivity contribution in [2.75, 3.05) is 0 Å². The molecule has 2 aromatic rings. The molecule has 0 saturated carbocycles. The van der Waals surface area contributed by atoms with Gasteiger partial charge in [0.25, 0.3) is 0 Å². The molecule has 102 valence electrons. The molecular weight excluding hydrogens is 265 g/mol. The number of aryl methyl sites for hydroxylation is 2. The summed E-state index contributed by atoms with van der Waals surface area (Å²) in [4.78, 5) is 0. The molecule has 0 amide bonds. The van der Waals surface area contributed by atoms with E-state index in [0.29, 0.717) is 6.42 Å². The number of hydrogen-bond donors (Lipinski definition) is 1. The van der Waals surface area contributed by atoms with Crippen molar-refractivity contribution in [3.05, 3.63) is 57.2 Å². The topological polar surface area (TPSA) is 39.2 Å². The fraction of sp³-hybridized carbons (Fsp3) is 0.333. The molecule has 0 aliphatic rings. The monoisotopic (exact) mass is 281 g/mol. The standard InChI is InChI=1S/C15H17ClFNO/c1-8-9(2)19-10(3)15(8)14(18)7-11-4-5-12(16)13(17)6-11/h4-6,14H,7,18H2,1-3H3. The maximum absolute atomic E-state index is 13.4. The van der Waals surface area contributed by atoms with E-state index >= 15 is 0 Å². The zero-order valence-corrected chi connectivity index (χ0v) is 12.0. The smallest absolute Gasteiger partial charge is 0.142 e. The molecule has 0 spiro atoms. The van der Waals surface area contributed by atoms with Gasteiger partial charge in [0.2, 0.25) is 0 Å². The molecular formula is C15H17ClFNO. The van der Waals surface area contributed by atoms with Crippen molar-refractivity contribution in [1.29, 1.82) is 0 Å². The summed E-state index contributed by atoms with van der Waals surface area (Å²) in [7, 11) is 0. The van der Waals surface area contributed by atoms with Crippen molar-refractivity contribution in [3.8, 4) is 0 Å². The fourth-order valence-corrected chi connectivity index (χ4v) is 2.49. The molecule has 0 saturated heterocycles. The predicted molar refractivity (Wildman–Crippen MR) is 75.0 cm³/mol. The highest BCUT2D eigenvalue weighted by Gasteiger charge is 2.18. The first-order valence-electron chi connectivity index (χ1n) is 6.16. The van der Waals surface area contributed by atoms with Crippen molar-refractivity contribution < 1.29 is 8.81 Å². The van der Waals surface area contributed by atoms with E-state index in [1.807, 2.05) is 20.8 Å². The highest BCUT2D eigenvalue weighted by Crippen LogP contribution is 2.28. The minimum atomic E-state index is -0.414. The predicted octanol–water partition coefficient (Wildman–Crippen LogP) is 4.24. The van der Waals surface area contributed by atoms with E-state index in [2.05, 4.69) is 0 Å². The molecule has 2 N–H and O–H groups in total. The van der Waals surface area contributed by atoms with Crippen molar-refractivity contribution in [2.45, 2.75) is 33.2 Å². The van der Waals surface area contributed by atoms with Gasteiger partial charge in [-0.2, -0.15) is 0 Å². The Morgan fingerprint density at radius 1 is 1.26 bits per heavy atom. The van der Waals surface area contributed by atoms with Gasteiger partial charge in [0.05, 0.1) is 5.02 Å². The summed E-state index contributed by atoms with van der Waals surface area (Å²) in [6.07, 6.45) is 0.550. The Balaban J connectivity index is 2.25. The number of benzene rings is 1. The lowest BCUT2D eigenvalue weighted by Gasteiger charge is -2.12. The van der Waals surface area contributed by atoms with E-state index in [-0.39, 0.29) is 11.1 Å². The van der Waals surface area contributed by atoms with E-state index in [1.54, 1.807) is 12.1 Å². The summed E-state index contributed by atoms with van der Waals surface area (Å²) in [6.45, 7) is 5.81. The van der Waals surface area contributed by atoms with Gasteiger partial charge in [0.15, 0.2) is 0 Å². The van der Waals surface area contributed by atoms with E-state index in [1.165, 1.54) is 6.07 Å². The molecule has 1 aromatic carbocycles. The van der Waals surface area contributed by atoms with Crippen LogP contribution in [0.5, 0.6) is 0 Å². The van der Waals surface area contributed by atoms with Crippen LogP contribution >= 0.6 is 11.6 Å². The van der Waals surface area contributed by atoms with Gasteiger partial charge in [-0.05, 0) is 50.5 Å². The Kier molecular flexibility index (Phi) is 3.97. The van der Waals surface area contributed by atoms with Crippen LogP contribution in [-0.2, 0) is 6.42 Å². The lowest BCUT2D eigenvalue weighted by atomic mass is 9.96. The van der Waals surface area contributed by atoms with E-state index in [9.17, 15) is 4.39 Å². The summed E-state index contributed by atoms with van der Waals surface area (Å²) >= 11 is 5.67. The van der Waals surface area contributed by atoms with Gasteiger partial charge in [-0.3, -0.25) is 0 Å². The minimum absolute atomic E-state index is 0.129. The van der Waals surface area contributed by atoms with Gasteiger partial charge >= 0.3 is 0 Å². The second kappa shape index (κ2) is 5.35. The molecule has 0 radical (unpaired) electrons. The summed E-state index contributed by atoms with van der Waals surface area (Å²) in [6, 6.07) is 4.57. The van der Waals surface area contributed by atoms with Crippen LogP contribution in [0.4, 0.5) is 4.39 Å². The molecule has 1 heterocycles. The largest absolute Gasteiger partial charge is 0.466 e. The first-order valence-corrected chi connectivity index (χ1v) is 6.54. The Bertz CT molecular complexity index is 606. The molecule has 19 heavy (non-hydrogen) atoms. The van der Waals surface area contributed by atoms with Crippen LogP contribution < -0.4 is 5.73 Å². The normalized spacial score (nSPS) is 12.7. The second-order valence-corrected chi connectivity index (χ2v) is 5.22. The molecule has 0 aliphatic carbocycles. The molecule has 4 heteroatoms. The Hall–Kier alpha value is -1.32. The van der Waals surface area contributed by atoms with Crippen LogP contribution in [0.1, 0.15) is 34.3 Å². The van der Waals surface area contributed by atoms with Gasteiger partial charge in [-0.25, -0.2) is 4.39 Å². The number of rotatable bonds is 3. The quantitative estimate of drug-likeness (QED) is 0.914.